The number of carbonyl (C=O) groups excluding carboxylic acids is 2. The van der Waals surface area contributed by atoms with E-state index in [1.54, 1.807) is 26.0 Å². The fraction of sp³-hybridized carbons (Fsp3) is 0.222. The fourth-order valence-electron chi connectivity index (χ4n) is 2.55. The highest BCUT2D eigenvalue weighted by atomic mass is 35.5. The molecule has 0 aliphatic carbocycles. The van der Waals surface area contributed by atoms with Gasteiger partial charge in [0, 0.05) is 6.07 Å². The number of anilines is 2. The van der Waals surface area contributed by atoms with Crippen LogP contribution in [0.2, 0.25) is 5.02 Å². The molecule has 0 aliphatic rings. The van der Waals surface area contributed by atoms with Crippen LogP contribution in [0.5, 0.6) is 5.75 Å². The number of benzene rings is 2. The van der Waals surface area contributed by atoms with E-state index >= 15 is 0 Å². The zero-order valence-corrected chi connectivity index (χ0v) is 16.3. The minimum absolute atomic E-state index is 0.0355. The Balaban J connectivity index is 2.33. The molecule has 2 amide bonds. The van der Waals surface area contributed by atoms with E-state index < -0.39 is 21.0 Å². The predicted octanol–water partition coefficient (Wildman–Crippen LogP) is 3.11. The van der Waals surface area contributed by atoms with Crippen molar-refractivity contribution in [3.05, 3.63) is 47.0 Å². The number of aryl methyl sites for hydroxylation is 1. The molecule has 0 fully saturated rings. The largest absolute Gasteiger partial charge is 0.506 e. The van der Waals surface area contributed by atoms with Crippen molar-refractivity contribution in [1.82, 2.24) is 0 Å². The highest BCUT2D eigenvalue weighted by molar-refractivity contribution is 7.92. The van der Waals surface area contributed by atoms with Crippen LogP contribution in [0.4, 0.5) is 11.4 Å². The van der Waals surface area contributed by atoms with Gasteiger partial charge in [0.1, 0.15) is 11.0 Å². The number of nitrogens with one attached hydrogen (secondary N) is 2. The van der Waals surface area contributed by atoms with Gasteiger partial charge in [-0.2, -0.15) is 0 Å². The first-order valence-electron chi connectivity index (χ1n) is 8.04. The number of phenolic OH excluding ortho intramolecular Hbond substituents is 1. The lowest BCUT2D eigenvalue weighted by Crippen LogP contribution is -2.34. The maximum Gasteiger partial charge on any atom is 0.243 e. The Morgan fingerprint density at radius 1 is 1.26 bits per heavy atom. The average molecular weight is 411 g/mol. The number of hydrogen-bond donors (Lipinski definition) is 3. The summed E-state index contributed by atoms with van der Waals surface area (Å²) in [5.41, 5.74) is 0.860. The number of carbonyl (C=O) groups is 2. The first-order valence-corrected chi connectivity index (χ1v) is 9.97. The van der Waals surface area contributed by atoms with Crippen LogP contribution in [0.15, 0.2) is 41.3 Å². The molecular formula is C18H19ClN2O5S. The first kappa shape index (κ1) is 20.7. The average Bonchev–Trinajstić information content (AvgIpc) is 2.60. The van der Waals surface area contributed by atoms with Gasteiger partial charge >= 0.3 is 0 Å². The smallest absolute Gasteiger partial charge is 0.243 e. The molecule has 9 heteroatoms. The lowest BCUT2D eigenvalue weighted by Gasteiger charge is -2.17. The molecule has 144 valence electrons. The number of hydrogen-bond acceptors (Lipinski definition) is 5. The first-order chi connectivity index (χ1) is 12.7. The number of amides is 2. The van der Waals surface area contributed by atoms with E-state index in [0.717, 1.165) is 11.6 Å². The lowest BCUT2D eigenvalue weighted by molar-refractivity contribution is -0.115. The molecule has 2 rings (SSSR count). The Morgan fingerprint density at radius 2 is 1.96 bits per heavy atom. The number of rotatable bonds is 7. The molecule has 3 N–H and O–H groups in total. The van der Waals surface area contributed by atoms with Crippen molar-refractivity contribution in [1.29, 1.82) is 0 Å². The highest BCUT2D eigenvalue weighted by Gasteiger charge is 2.33. The van der Waals surface area contributed by atoms with E-state index in [0.29, 0.717) is 6.41 Å². The number of sulfone groups is 1. The van der Waals surface area contributed by atoms with Gasteiger partial charge < -0.3 is 15.7 Å². The van der Waals surface area contributed by atoms with E-state index in [1.807, 2.05) is 0 Å². The van der Waals surface area contributed by atoms with Gasteiger partial charge in [0.2, 0.25) is 12.3 Å². The van der Waals surface area contributed by atoms with Gasteiger partial charge in [0.15, 0.2) is 9.84 Å². The third-order valence-electron chi connectivity index (χ3n) is 3.91. The SMILES string of the molecule is CCC(C(=O)Nc1cc(O)c(NC=O)cc1Cl)S(=O)(=O)c1cccc(C)c1. The summed E-state index contributed by atoms with van der Waals surface area (Å²) < 4.78 is 25.7. The number of aromatic hydroxyl groups is 1. The van der Waals surface area contributed by atoms with Crippen LogP contribution in [-0.4, -0.2) is 31.1 Å². The molecular weight excluding hydrogens is 392 g/mol. The van der Waals surface area contributed by atoms with Crippen molar-refractivity contribution in [2.45, 2.75) is 30.4 Å². The fourth-order valence-corrected chi connectivity index (χ4v) is 4.49. The third-order valence-corrected chi connectivity index (χ3v) is 6.43. The standard InChI is InChI=1S/C18H19ClN2O5S/c1-3-17(27(25,26)12-6-4-5-11(2)7-12)18(24)21-14-9-16(23)15(20-10-22)8-13(14)19/h4-10,17,23H,3H2,1-2H3,(H,20,22)(H,21,24). The number of halogens is 1. The molecule has 0 aliphatic heterocycles. The molecule has 0 spiro atoms. The molecule has 7 nitrogen and oxygen atoms in total. The highest BCUT2D eigenvalue weighted by Crippen LogP contribution is 2.34. The van der Waals surface area contributed by atoms with Crippen LogP contribution < -0.4 is 10.6 Å². The van der Waals surface area contributed by atoms with E-state index in [-0.39, 0.29) is 33.5 Å². The molecule has 0 aromatic heterocycles. The van der Waals surface area contributed by atoms with E-state index in [2.05, 4.69) is 10.6 Å². The Bertz CT molecular complexity index is 976. The second-order valence-electron chi connectivity index (χ2n) is 5.86. The van der Waals surface area contributed by atoms with Crippen molar-refractivity contribution in [2.75, 3.05) is 10.6 Å². The summed E-state index contributed by atoms with van der Waals surface area (Å²) in [6.07, 6.45) is 0.418. The molecule has 2 aromatic carbocycles. The second kappa shape index (κ2) is 8.41. The van der Waals surface area contributed by atoms with Crippen LogP contribution in [0, 0.1) is 6.92 Å². The quantitative estimate of drug-likeness (QED) is 0.479. The summed E-state index contributed by atoms with van der Waals surface area (Å²) in [7, 11) is -3.91. The number of phenols is 1. The van der Waals surface area contributed by atoms with Gasteiger partial charge in [0.05, 0.1) is 21.3 Å². The van der Waals surface area contributed by atoms with E-state index in [4.69, 9.17) is 11.6 Å². The van der Waals surface area contributed by atoms with Crippen LogP contribution in [0.3, 0.4) is 0 Å². The summed E-state index contributed by atoms with van der Waals surface area (Å²) in [5.74, 6) is -1.09. The maximum absolute atomic E-state index is 12.8. The van der Waals surface area contributed by atoms with Crippen molar-refractivity contribution < 1.29 is 23.1 Å². The molecule has 0 heterocycles. The minimum atomic E-state index is -3.91. The Labute approximate surface area is 162 Å². The van der Waals surface area contributed by atoms with Crippen molar-refractivity contribution >= 4 is 45.1 Å². The van der Waals surface area contributed by atoms with Crippen LogP contribution >= 0.6 is 11.6 Å². The molecule has 0 radical (unpaired) electrons. The van der Waals surface area contributed by atoms with Crippen molar-refractivity contribution in [3.8, 4) is 5.75 Å². The maximum atomic E-state index is 12.8. The molecule has 0 saturated carbocycles. The molecule has 1 unspecified atom stereocenters. The van der Waals surface area contributed by atoms with Gasteiger partial charge in [-0.1, -0.05) is 30.7 Å². The summed E-state index contributed by atoms with van der Waals surface area (Å²) in [5, 5.41) is 13.3. The van der Waals surface area contributed by atoms with Gasteiger partial charge in [-0.15, -0.1) is 0 Å². The lowest BCUT2D eigenvalue weighted by atomic mass is 10.2. The summed E-state index contributed by atoms with van der Waals surface area (Å²) in [6.45, 7) is 3.35. The monoisotopic (exact) mass is 410 g/mol. The minimum Gasteiger partial charge on any atom is -0.506 e. The zero-order chi connectivity index (χ0) is 20.2. The summed E-state index contributed by atoms with van der Waals surface area (Å²) in [4.78, 5) is 23.2. The van der Waals surface area contributed by atoms with Crippen molar-refractivity contribution in [3.63, 3.8) is 0 Å². The van der Waals surface area contributed by atoms with Crippen LogP contribution in [0.1, 0.15) is 18.9 Å². The normalized spacial score (nSPS) is 12.3. The molecule has 1 atom stereocenters. The zero-order valence-electron chi connectivity index (χ0n) is 14.7. The van der Waals surface area contributed by atoms with Gasteiger partial charge in [-0.05, 0) is 37.1 Å². The molecule has 2 aromatic rings. The van der Waals surface area contributed by atoms with Crippen LogP contribution in [-0.2, 0) is 19.4 Å². The van der Waals surface area contributed by atoms with Gasteiger partial charge in [-0.25, -0.2) is 8.42 Å². The Hall–Kier alpha value is -2.58. The van der Waals surface area contributed by atoms with E-state index in [1.165, 1.54) is 18.2 Å². The third kappa shape index (κ3) is 4.58. The molecule has 0 saturated heterocycles. The summed E-state index contributed by atoms with van der Waals surface area (Å²) in [6, 6.07) is 8.70. The topological polar surface area (TPSA) is 113 Å². The second-order valence-corrected chi connectivity index (χ2v) is 8.40. The Morgan fingerprint density at radius 3 is 2.56 bits per heavy atom. The van der Waals surface area contributed by atoms with Gasteiger partial charge in [0.25, 0.3) is 0 Å². The Kier molecular flexibility index (Phi) is 6.45. The van der Waals surface area contributed by atoms with E-state index in [9.17, 15) is 23.1 Å². The van der Waals surface area contributed by atoms with Crippen molar-refractivity contribution in [2.24, 2.45) is 0 Å². The van der Waals surface area contributed by atoms with Crippen LogP contribution in [0.25, 0.3) is 0 Å². The van der Waals surface area contributed by atoms with Gasteiger partial charge in [-0.3, -0.25) is 9.59 Å². The molecule has 27 heavy (non-hydrogen) atoms. The molecule has 0 bridgehead atoms. The summed E-state index contributed by atoms with van der Waals surface area (Å²) >= 11 is 6.05. The predicted molar refractivity (Wildman–Crippen MR) is 104 cm³/mol.